The first-order chi connectivity index (χ1) is 4.88. The van der Waals surface area contributed by atoms with E-state index in [1.165, 1.54) is 0 Å². The first-order valence-corrected chi connectivity index (χ1v) is 3.63. The van der Waals surface area contributed by atoms with Crippen LogP contribution in [-0.2, 0) is 0 Å². The molecule has 2 amide bonds. The highest BCUT2D eigenvalue weighted by Crippen LogP contribution is 2.07. The van der Waals surface area contributed by atoms with Crippen molar-refractivity contribution in [3.05, 3.63) is 0 Å². The molecule has 2 aliphatic heterocycles. The number of nitrogens with zero attached hydrogens (tertiary/aromatic N) is 1. The maximum absolute atomic E-state index is 11.0. The first kappa shape index (κ1) is 5.97. The highest BCUT2D eigenvalue weighted by atomic mass is 16.2. The molecule has 2 heterocycles. The van der Waals surface area contributed by atoms with Crippen LogP contribution in [0.2, 0.25) is 0 Å². The van der Waals surface area contributed by atoms with E-state index in [9.17, 15) is 4.79 Å². The molecule has 4 heteroatoms. The van der Waals surface area contributed by atoms with Gasteiger partial charge in [-0.3, -0.25) is 0 Å². The van der Waals surface area contributed by atoms with Crippen LogP contribution in [0.3, 0.4) is 0 Å². The Morgan fingerprint density at radius 3 is 2.70 bits per heavy atom. The summed E-state index contributed by atoms with van der Waals surface area (Å²) in [4.78, 5) is 12.9. The lowest BCUT2D eigenvalue weighted by Crippen LogP contribution is -2.57. The van der Waals surface area contributed by atoms with Crippen molar-refractivity contribution in [3.8, 4) is 0 Å². The summed E-state index contributed by atoms with van der Waals surface area (Å²) < 4.78 is 0. The summed E-state index contributed by atoms with van der Waals surface area (Å²) in [6.45, 7) is 3.63. The Morgan fingerprint density at radius 2 is 2.30 bits per heavy atom. The van der Waals surface area contributed by atoms with Gasteiger partial charge in [0.2, 0.25) is 0 Å². The molecule has 0 radical (unpaired) electrons. The van der Waals surface area contributed by atoms with Gasteiger partial charge in [0.25, 0.3) is 0 Å². The number of nitrogens with one attached hydrogen (secondary N) is 2. The molecule has 0 aliphatic carbocycles. The zero-order valence-corrected chi connectivity index (χ0v) is 5.76. The number of carbonyl (C=O) groups excluding carboxylic acids is 1. The molecule has 56 valence electrons. The van der Waals surface area contributed by atoms with E-state index >= 15 is 0 Å². The van der Waals surface area contributed by atoms with Crippen molar-refractivity contribution in [1.82, 2.24) is 15.5 Å². The average Bonchev–Trinajstić information content (AvgIpc) is 2.12. The minimum atomic E-state index is 0.103. The van der Waals surface area contributed by atoms with Crippen molar-refractivity contribution in [1.29, 1.82) is 0 Å². The summed E-state index contributed by atoms with van der Waals surface area (Å²) in [6, 6.07) is 0.564. The number of urea groups is 1. The van der Waals surface area contributed by atoms with Gasteiger partial charge in [-0.2, -0.15) is 0 Å². The lowest BCUT2D eigenvalue weighted by atomic mass is 10.1. The van der Waals surface area contributed by atoms with Gasteiger partial charge in [0.05, 0.1) is 6.04 Å². The third kappa shape index (κ3) is 0.759. The Morgan fingerprint density at radius 1 is 1.50 bits per heavy atom. The molecule has 10 heavy (non-hydrogen) atoms. The van der Waals surface area contributed by atoms with E-state index in [0.717, 1.165) is 26.2 Å². The minimum Gasteiger partial charge on any atom is -0.336 e. The fourth-order valence-corrected chi connectivity index (χ4v) is 1.33. The maximum Gasteiger partial charge on any atom is 0.317 e. The number of hydrogen-bond donors (Lipinski definition) is 2. The average molecular weight is 141 g/mol. The molecule has 0 aromatic heterocycles. The number of carbonyl (C=O) groups is 1. The van der Waals surface area contributed by atoms with Crippen molar-refractivity contribution in [2.45, 2.75) is 6.04 Å². The van der Waals surface area contributed by atoms with E-state index in [4.69, 9.17) is 0 Å². The molecule has 0 bridgehead atoms. The van der Waals surface area contributed by atoms with Crippen molar-refractivity contribution < 1.29 is 4.79 Å². The molecule has 2 fully saturated rings. The molecule has 2 aliphatic rings. The quantitative estimate of drug-likeness (QED) is 0.491. The largest absolute Gasteiger partial charge is 0.336 e. The van der Waals surface area contributed by atoms with Gasteiger partial charge >= 0.3 is 6.03 Å². The van der Waals surface area contributed by atoms with Gasteiger partial charge in [-0.05, 0) is 0 Å². The molecular formula is C6H11N3O. The van der Waals surface area contributed by atoms with Crippen LogP contribution in [0, 0.1) is 0 Å². The van der Waals surface area contributed by atoms with Gasteiger partial charge in [0, 0.05) is 26.2 Å². The Hall–Kier alpha value is -0.770. The smallest absolute Gasteiger partial charge is 0.317 e. The third-order valence-electron chi connectivity index (χ3n) is 2.09. The van der Waals surface area contributed by atoms with Gasteiger partial charge in [-0.25, -0.2) is 4.79 Å². The van der Waals surface area contributed by atoms with Gasteiger partial charge in [-0.1, -0.05) is 0 Å². The predicted molar refractivity (Wildman–Crippen MR) is 36.8 cm³/mol. The zero-order valence-electron chi connectivity index (χ0n) is 5.76. The second-order valence-electron chi connectivity index (χ2n) is 2.74. The molecule has 0 aromatic rings. The van der Waals surface area contributed by atoms with Crippen molar-refractivity contribution in [2.24, 2.45) is 0 Å². The van der Waals surface area contributed by atoms with Gasteiger partial charge in [0.1, 0.15) is 0 Å². The number of rotatable bonds is 1. The Labute approximate surface area is 59.6 Å². The SMILES string of the molecule is O=C1NCCN1C1CNC1. The Balaban J connectivity index is 1.96. The summed E-state index contributed by atoms with van der Waals surface area (Å²) in [5, 5.41) is 5.91. The Bertz CT molecular complexity index is 155. The molecular weight excluding hydrogens is 130 g/mol. The molecule has 2 N–H and O–H groups in total. The summed E-state index contributed by atoms with van der Waals surface area (Å²) in [7, 11) is 0. The molecule has 0 unspecified atom stereocenters. The fraction of sp³-hybridized carbons (Fsp3) is 0.833. The topological polar surface area (TPSA) is 44.4 Å². The molecule has 2 saturated heterocycles. The maximum atomic E-state index is 11.0. The minimum absolute atomic E-state index is 0.103. The van der Waals surface area contributed by atoms with Crippen LogP contribution in [0.5, 0.6) is 0 Å². The van der Waals surface area contributed by atoms with Crippen molar-refractivity contribution in [2.75, 3.05) is 26.2 Å². The van der Waals surface area contributed by atoms with Gasteiger partial charge in [0.15, 0.2) is 0 Å². The van der Waals surface area contributed by atoms with Crippen LogP contribution in [0.25, 0.3) is 0 Å². The monoisotopic (exact) mass is 141 g/mol. The fourth-order valence-electron chi connectivity index (χ4n) is 1.33. The summed E-state index contributed by atoms with van der Waals surface area (Å²) in [5.41, 5.74) is 0. The molecule has 4 nitrogen and oxygen atoms in total. The number of amides is 2. The molecule has 0 saturated carbocycles. The molecule has 0 aromatic carbocycles. The van der Waals surface area contributed by atoms with Crippen LogP contribution in [0.4, 0.5) is 4.79 Å². The van der Waals surface area contributed by atoms with Crippen LogP contribution >= 0.6 is 0 Å². The third-order valence-corrected chi connectivity index (χ3v) is 2.09. The second kappa shape index (κ2) is 2.12. The van der Waals surface area contributed by atoms with E-state index in [1.807, 2.05) is 4.90 Å². The normalized spacial score (nSPS) is 26.4. The van der Waals surface area contributed by atoms with Crippen molar-refractivity contribution >= 4 is 6.03 Å². The summed E-state index contributed by atoms with van der Waals surface area (Å²) in [6.07, 6.45) is 0. The van der Waals surface area contributed by atoms with E-state index in [2.05, 4.69) is 10.6 Å². The van der Waals surface area contributed by atoms with Gasteiger partial charge in [-0.15, -0.1) is 0 Å². The molecule has 0 atom stereocenters. The molecule has 0 spiro atoms. The van der Waals surface area contributed by atoms with Gasteiger partial charge < -0.3 is 15.5 Å². The van der Waals surface area contributed by atoms with Crippen LogP contribution in [0.15, 0.2) is 0 Å². The predicted octanol–water partition coefficient (Wildman–Crippen LogP) is -1.02. The lowest BCUT2D eigenvalue weighted by Gasteiger charge is -2.34. The van der Waals surface area contributed by atoms with Crippen molar-refractivity contribution in [3.63, 3.8) is 0 Å². The second-order valence-corrected chi connectivity index (χ2v) is 2.74. The standard InChI is InChI=1S/C6H11N3O/c10-6-8-1-2-9(6)5-3-7-4-5/h5,7H,1-4H2,(H,8,10). The van der Waals surface area contributed by atoms with E-state index < -0.39 is 0 Å². The highest BCUT2D eigenvalue weighted by Gasteiger charge is 2.31. The number of hydrogen-bond acceptors (Lipinski definition) is 2. The first-order valence-electron chi connectivity index (χ1n) is 3.63. The van der Waals surface area contributed by atoms with Crippen LogP contribution in [0.1, 0.15) is 0 Å². The van der Waals surface area contributed by atoms with E-state index in [-0.39, 0.29) is 6.03 Å². The summed E-state index contributed by atoms with van der Waals surface area (Å²) in [5.74, 6) is 0. The lowest BCUT2D eigenvalue weighted by molar-refractivity contribution is 0.173. The highest BCUT2D eigenvalue weighted by molar-refractivity contribution is 5.76. The van der Waals surface area contributed by atoms with Crippen LogP contribution in [-0.4, -0.2) is 43.2 Å². The van der Waals surface area contributed by atoms with E-state index in [1.54, 1.807) is 0 Å². The zero-order chi connectivity index (χ0) is 6.97. The van der Waals surface area contributed by atoms with E-state index in [0.29, 0.717) is 6.04 Å². The van der Waals surface area contributed by atoms with Crippen LogP contribution < -0.4 is 10.6 Å². The Kier molecular flexibility index (Phi) is 1.27. The molecule has 2 rings (SSSR count). The summed E-state index contributed by atoms with van der Waals surface area (Å²) >= 11 is 0.